The molecule has 1 aromatic heterocycles. The quantitative estimate of drug-likeness (QED) is 0.726. The van der Waals surface area contributed by atoms with E-state index in [0.717, 1.165) is 9.13 Å². The van der Waals surface area contributed by atoms with Crippen molar-refractivity contribution in [1.82, 2.24) is 9.13 Å². The monoisotopic (exact) mass is 416 g/mol. The molecule has 0 unspecified atom stereocenters. The number of nitrogens with one attached hydrogen (secondary N) is 1. The van der Waals surface area contributed by atoms with Crippen LogP contribution in [0.2, 0.25) is 0 Å². The summed E-state index contributed by atoms with van der Waals surface area (Å²) in [5, 5.41) is 12.3. The maximum Gasteiger partial charge on any atom is 0.426 e. The fourth-order valence-corrected chi connectivity index (χ4v) is 3.84. The SMILES string of the molecule is CN1CNc2c1c(=O)n(CC1CC(C(O)(C(F)(F)F)C(F)(F)F)C1)c(=O)n2C. The van der Waals surface area contributed by atoms with Crippen molar-refractivity contribution < 1.29 is 31.4 Å². The highest BCUT2D eigenvalue weighted by atomic mass is 19.4. The third-order valence-electron chi connectivity index (χ3n) is 5.52. The van der Waals surface area contributed by atoms with Crippen LogP contribution in [0, 0.1) is 11.8 Å². The molecule has 1 fully saturated rings. The van der Waals surface area contributed by atoms with E-state index in [0.29, 0.717) is 5.82 Å². The minimum absolute atomic E-state index is 0.195. The Hall–Kier alpha value is -2.18. The third kappa shape index (κ3) is 2.78. The van der Waals surface area contributed by atoms with Gasteiger partial charge in [-0.2, -0.15) is 26.3 Å². The number of aromatic nitrogens is 2. The molecular formula is C15H18F6N4O3. The maximum atomic E-state index is 12.9. The molecule has 0 spiro atoms. The summed E-state index contributed by atoms with van der Waals surface area (Å²) in [5.41, 5.74) is -6.01. The molecule has 0 radical (unpaired) electrons. The second-order valence-corrected chi connectivity index (χ2v) is 7.28. The summed E-state index contributed by atoms with van der Waals surface area (Å²) in [7, 11) is 3.00. The lowest BCUT2D eigenvalue weighted by molar-refractivity contribution is -0.393. The minimum atomic E-state index is -5.88. The molecule has 7 nitrogen and oxygen atoms in total. The van der Waals surface area contributed by atoms with E-state index in [9.17, 15) is 41.0 Å². The number of nitrogens with zero attached hydrogens (tertiary/aromatic N) is 3. The Morgan fingerprint density at radius 2 is 1.61 bits per heavy atom. The lowest BCUT2D eigenvalue weighted by Gasteiger charge is -2.46. The predicted molar refractivity (Wildman–Crippen MR) is 86.1 cm³/mol. The van der Waals surface area contributed by atoms with E-state index < -0.39 is 53.9 Å². The van der Waals surface area contributed by atoms with E-state index in [1.165, 1.54) is 7.05 Å². The molecule has 2 aliphatic rings. The summed E-state index contributed by atoms with van der Waals surface area (Å²) in [6.07, 6.45) is -13.0. The Morgan fingerprint density at radius 3 is 2.11 bits per heavy atom. The molecule has 13 heteroatoms. The molecule has 1 aliphatic heterocycles. The lowest BCUT2D eigenvalue weighted by atomic mass is 9.65. The van der Waals surface area contributed by atoms with Gasteiger partial charge in [-0.15, -0.1) is 0 Å². The fourth-order valence-electron chi connectivity index (χ4n) is 3.84. The molecule has 3 rings (SSSR count). The summed E-state index contributed by atoms with van der Waals surface area (Å²) in [4.78, 5) is 26.5. The van der Waals surface area contributed by atoms with Crippen molar-refractivity contribution in [2.45, 2.75) is 37.3 Å². The van der Waals surface area contributed by atoms with Crippen LogP contribution in [0.3, 0.4) is 0 Å². The highest BCUT2D eigenvalue weighted by Gasteiger charge is 2.75. The molecule has 0 atom stereocenters. The minimum Gasteiger partial charge on any atom is -0.373 e. The zero-order valence-corrected chi connectivity index (χ0v) is 14.9. The molecule has 0 saturated heterocycles. The molecule has 1 saturated carbocycles. The van der Waals surface area contributed by atoms with Gasteiger partial charge >= 0.3 is 18.0 Å². The third-order valence-corrected chi connectivity index (χ3v) is 5.52. The zero-order valence-electron chi connectivity index (χ0n) is 14.9. The Bertz CT molecular complexity index is 883. The van der Waals surface area contributed by atoms with Crippen molar-refractivity contribution in [3.05, 3.63) is 20.8 Å². The smallest absolute Gasteiger partial charge is 0.373 e. The van der Waals surface area contributed by atoms with Gasteiger partial charge in [-0.05, 0) is 18.8 Å². The van der Waals surface area contributed by atoms with E-state index in [1.807, 2.05) is 0 Å². The number of alkyl halides is 6. The predicted octanol–water partition coefficient (Wildman–Crippen LogP) is 1.25. The molecular weight excluding hydrogens is 398 g/mol. The molecule has 1 aromatic rings. The number of rotatable bonds is 3. The van der Waals surface area contributed by atoms with Gasteiger partial charge in [0.15, 0.2) is 0 Å². The summed E-state index contributed by atoms with van der Waals surface area (Å²) in [6.45, 7) is -0.0491. The van der Waals surface area contributed by atoms with E-state index in [-0.39, 0.29) is 18.9 Å². The second kappa shape index (κ2) is 6.16. The molecule has 0 aromatic carbocycles. The number of hydrogen-bond acceptors (Lipinski definition) is 5. The van der Waals surface area contributed by atoms with Crippen molar-refractivity contribution in [3.8, 4) is 0 Å². The van der Waals surface area contributed by atoms with Gasteiger partial charge in [-0.25, -0.2) is 4.79 Å². The van der Waals surface area contributed by atoms with Gasteiger partial charge in [-0.1, -0.05) is 0 Å². The molecule has 0 amide bonds. The van der Waals surface area contributed by atoms with E-state index in [1.54, 1.807) is 11.9 Å². The number of fused-ring (bicyclic) bond motifs is 1. The molecule has 158 valence electrons. The van der Waals surface area contributed by atoms with Crippen LogP contribution in [0.4, 0.5) is 37.8 Å². The maximum absolute atomic E-state index is 12.9. The van der Waals surface area contributed by atoms with E-state index >= 15 is 0 Å². The van der Waals surface area contributed by atoms with Crippen LogP contribution in [-0.4, -0.2) is 45.9 Å². The van der Waals surface area contributed by atoms with Crippen LogP contribution in [0.1, 0.15) is 12.8 Å². The first-order valence-electron chi connectivity index (χ1n) is 8.34. The summed E-state index contributed by atoms with van der Waals surface area (Å²) < 4.78 is 79.4. The van der Waals surface area contributed by atoms with Crippen molar-refractivity contribution in [1.29, 1.82) is 0 Å². The van der Waals surface area contributed by atoms with Gasteiger partial charge in [0, 0.05) is 26.6 Å². The molecule has 2 N–H and O–H groups in total. The van der Waals surface area contributed by atoms with Crippen molar-refractivity contribution in [3.63, 3.8) is 0 Å². The highest BCUT2D eigenvalue weighted by Crippen LogP contribution is 2.55. The molecule has 0 bridgehead atoms. The Balaban J connectivity index is 1.84. The molecule has 1 aliphatic carbocycles. The lowest BCUT2D eigenvalue weighted by Crippen LogP contribution is -2.64. The van der Waals surface area contributed by atoms with Gasteiger partial charge in [-0.3, -0.25) is 13.9 Å². The average molecular weight is 416 g/mol. The Kier molecular flexibility index (Phi) is 4.52. The number of aliphatic hydroxyl groups is 1. The standard InChI is InChI=1S/C15H18F6N4O3/c1-23-6-22-10-9(23)11(26)25(12(27)24(10)2)5-7-3-8(4-7)13(28,14(16,17)18)15(19,20)21/h7-8,22,28H,3-6H2,1-2H3. The van der Waals surface area contributed by atoms with Crippen LogP contribution in [-0.2, 0) is 13.6 Å². The van der Waals surface area contributed by atoms with Gasteiger partial charge in [0.05, 0.1) is 6.67 Å². The first-order chi connectivity index (χ1) is 12.7. The van der Waals surface area contributed by atoms with E-state index in [2.05, 4.69) is 5.32 Å². The van der Waals surface area contributed by atoms with Crippen molar-refractivity contribution in [2.24, 2.45) is 18.9 Å². The second-order valence-electron chi connectivity index (χ2n) is 7.28. The number of halogens is 6. The van der Waals surface area contributed by atoms with Gasteiger partial charge in [0.2, 0.25) is 0 Å². The van der Waals surface area contributed by atoms with Gasteiger partial charge in [0.25, 0.3) is 11.2 Å². The zero-order chi connectivity index (χ0) is 21.2. The number of hydrogen-bond donors (Lipinski definition) is 2. The summed E-state index contributed by atoms with van der Waals surface area (Å²) in [6, 6.07) is 0. The van der Waals surface area contributed by atoms with Gasteiger partial charge in [0.1, 0.15) is 11.5 Å². The summed E-state index contributed by atoms with van der Waals surface area (Å²) in [5.74, 6) is -2.57. The average Bonchev–Trinajstić information content (AvgIpc) is 2.90. The topological polar surface area (TPSA) is 79.5 Å². The molecule has 2 heterocycles. The normalized spacial score (nSPS) is 22.7. The Morgan fingerprint density at radius 1 is 1.07 bits per heavy atom. The highest BCUT2D eigenvalue weighted by molar-refractivity contribution is 5.69. The van der Waals surface area contributed by atoms with Crippen LogP contribution < -0.4 is 21.5 Å². The largest absolute Gasteiger partial charge is 0.426 e. The first-order valence-corrected chi connectivity index (χ1v) is 8.34. The van der Waals surface area contributed by atoms with Crippen LogP contribution in [0.15, 0.2) is 9.59 Å². The first kappa shape index (κ1) is 20.6. The van der Waals surface area contributed by atoms with Crippen LogP contribution in [0.25, 0.3) is 0 Å². The molecule has 28 heavy (non-hydrogen) atoms. The van der Waals surface area contributed by atoms with Crippen LogP contribution >= 0.6 is 0 Å². The Labute approximate surface area is 154 Å². The van der Waals surface area contributed by atoms with Gasteiger partial charge < -0.3 is 15.3 Å². The number of anilines is 2. The summed E-state index contributed by atoms with van der Waals surface area (Å²) >= 11 is 0. The van der Waals surface area contributed by atoms with E-state index in [4.69, 9.17) is 0 Å². The fraction of sp³-hybridized carbons (Fsp3) is 0.733. The van der Waals surface area contributed by atoms with Crippen LogP contribution in [0.5, 0.6) is 0 Å². The van der Waals surface area contributed by atoms with Crippen molar-refractivity contribution >= 4 is 11.5 Å². The van der Waals surface area contributed by atoms with Crippen molar-refractivity contribution in [2.75, 3.05) is 23.9 Å².